The summed E-state index contributed by atoms with van der Waals surface area (Å²) >= 11 is 3.40. The first-order valence-corrected chi connectivity index (χ1v) is 11.4. The molecule has 0 saturated carbocycles. The molecular weight excluding hydrogens is 492 g/mol. The highest BCUT2D eigenvalue weighted by Crippen LogP contribution is 2.34. The number of carbonyl (C=O) groups is 2. The predicted molar refractivity (Wildman–Crippen MR) is 124 cm³/mol. The number of aromatic amines is 1. The summed E-state index contributed by atoms with van der Waals surface area (Å²) < 4.78 is 0.878. The van der Waals surface area contributed by atoms with E-state index in [1.54, 1.807) is 13.0 Å². The highest BCUT2D eigenvalue weighted by Gasteiger charge is 2.43. The van der Waals surface area contributed by atoms with Crippen molar-refractivity contribution in [2.75, 3.05) is 13.2 Å². The summed E-state index contributed by atoms with van der Waals surface area (Å²) in [4.78, 5) is 33.0. The van der Waals surface area contributed by atoms with Gasteiger partial charge in [-0.2, -0.15) is 0 Å². The van der Waals surface area contributed by atoms with E-state index in [4.69, 9.17) is 0 Å². The number of aliphatic hydroxyl groups excluding tert-OH is 1. The van der Waals surface area contributed by atoms with E-state index in [9.17, 15) is 25.0 Å². The van der Waals surface area contributed by atoms with Crippen LogP contribution >= 0.6 is 15.9 Å². The highest BCUT2D eigenvalue weighted by atomic mass is 79.9. The van der Waals surface area contributed by atoms with Gasteiger partial charge >= 0.3 is 0 Å². The van der Waals surface area contributed by atoms with Crippen molar-refractivity contribution in [3.8, 4) is 0 Å². The van der Waals surface area contributed by atoms with Crippen molar-refractivity contribution in [2.45, 2.75) is 37.8 Å². The summed E-state index contributed by atoms with van der Waals surface area (Å²) in [6.07, 6.45) is 1.35. The number of aryl methyl sites for hydroxylation is 1. The van der Waals surface area contributed by atoms with Crippen LogP contribution in [0, 0.1) is 6.92 Å². The molecule has 5 N–H and O–H groups in total. The van der Waals surface area contributed by atoms with Crippen LogP contribution in [0.2, 0.25) is 0 Å². The van der Waals surface area contributed by atoms with Crippen LogP contribution in [0.15, 0.2) is 40.9 Å². The number of hydroxylamine groups is 2. The van der Waals surface area contributed by atoms with E-state index >= 15 is 0 Å². The van der Waals surface area contributed by atoms with Gasteiger partial charge in [-0.3, -0.25) is 14.8 Å². The van der Waals surface area contributed by atoms with E-state index in [2.05, 4.69) is 31.2 Å². The molecule has 10 heteroatoms. The number of nitrogens with one attached hydrogen (secondary N) is 2. The van der Waals surface area contributed by atoms with Crippen molar-refractivity contribution in [1.29, 1.82) is 0 Å². The van der Waals surface area contributed by atoms with E-state index in [0.717, 1.165) is 9.99 Å². The zero-order chi connectivity index (χ0) is 23.8. The van der Waals surface area contributed by atoms with Gasteiger partial charge in [0.05, 0.1) is 17.6 Å². The van der Waals surface area contributed by atoms with Crippen molar-refractivity contribution >= 4 is 38.8 Å². The lowest BCUT2D eigenvalue weighted by molar-refractivity contribution is -0.184. The van der Waals surface area contributed by atoms with Crippen molar-refractivity contribution in [1.82, 2.24) is 20.3 Å². The molecule has 2 heterocycles. The average Bonchev–Trinajstić information content (AvgIpc) is 3.16. The lowest BCUT2D eigenvalue weighted by Gasteiger charge is -2.29. The van der Waals surface area contributed by atoms with Crippen LogP contribution in [0.5, 0.6) is 0 Å². The van der Waals surface area contributed by atoms with Crippen LogP contribution in [-0.4, -0.2) is 55.4 Å². The molecule has 0 spiro atoms. The molecule has 1 fully saturated rings. The minimum Gasteiger partial charge on any atom is -0.394 e. The maximum absolute atomic E-state index is 12.9. The van der Waals surface area contributed by atoms with Gasteiger partial charge in [0.25, 0.3) is 11.8 Å². The normalized spacial score (nSPS) is 20.0. The highest BCUT2D eigenvalue weighted by molar-refractivity contribution is 9.10. The van der Waals surface area contributed by atoms with Gasteiger partial charge < -0.3 is 20.5 Å². The van der Waals surface area contributed by atoms with Gasteiger partial charge in [0.15, 0.2) is 5.60 Å². The first-order valence-electron chi connectivity index (χ1n) is 10.6. The van der Waals surface area contributed by atoms with Crippen LogP contribution in [0.4, 0.5) is 0 Å². The maximum Gasteiger partial charge on any atom is 0.282 e. The molecule has 1 aliphatic heterocycles. The summed E-state index contributed by atoms with van der Waals surface area (Å²) in [5.41, 5.74) is 0.834. The molecule has 2 amide bonds. The largest absolute Gasteiger partial charge is 0.394 e. The summed E-state index contributed by atoms with van der Waals surface area (Å²) in [7, 11) is 0. The number of aromatic nitrogens is 2. The summed E-state index contributed by atoms with van der Waals surface area (Å²) in [5.74, 6) is -0.779. The molecule has 1 aliphatic rings. The number of halogens is 1. The second-order valence-corrected chi connectivity index (χ2v) is 9.18. The quantitative estimate of drug-likeness (QED) is 0.330. The third-order valence-electron chi connectivity index (χ3n) is 5.96. The van der Waals surface area contributed by atoms with E-state index in [1.165, 1.54) is 12.1 Å². The molecule has 0 bridgehead atoms. The fourth-order valence-corrected chi connectivity index (χ4v) is 4.55. The minimum atomic E-state index is -1.85. The monoisotopic (exact) mass is 516 g/mol. The van der Waals surface area contributed by atoms with E-state index in [0.29, 0.717) is 45.9 Å². The minimum absolute atomic E-state index is 0.169. The topological polar surface area (TPSA) is 139 Å². The van der Waals surface area contributed by atoms with Crippen molar-refractivity contribution < 1.29 is 25.0 Å². The molecule has 1 unspecified atom stereocenters. The summed E-state index contributed by atoms with van der Waals surface area (Å²) in [6, 6.07) is 9.41. The fraction of sp³-hybridized carbons (Fsp3) is 0.348. The van der Waals surface area contributed by atoms with Crippen LogP contribution in [-0.2, 0) is 10.4 Å². The number of amides is 2. The third kappa shape index (κ3) is 4.51. The van der Waals surface area contributed by atoms with Crippen LogP contribution < -0.4 is 5.32 Å². The molecule has 2 atom stereocenters. The van der Waals surface area contributed by atoms with Crippen molar-refractivity contribution in [3.05, 3.63) is 63.4 Å². The van der Waals surface area contributed by atoms with E-state index in [1.807, 2.05) is 18.2 Å². The van der Waals surface area contributed by atoms with E-state index < -0.39 is 23.5 Å². The zero-order valence-electron chi connectivity index (χ0n) is 18.0. The average molecular weight is 517 g/mol. The Morgan fingerprint density at radius 2 is 2.09 bits per heavy atom. The molecule has 174 valence electrons. The SMILES string of the molecule is Cc1cc(C(=O)N[C@@H](CO)c2nc3ccc(Br)cc3[nH]2)ccc1C1(O)CCCCN(O)C1=O. The van der Waals surface area contributed by atoms with Crippen molar-refractivity contribution in [3.63, 3.8) is 0 Å². The molecule has 1 aromatic heterocycles. The molecule has 33 heavy (non-hydrogen) atoms. The number of hydrogen-bond acceptors (Lipinski definition) is 6. The van der Waals surface area contributed by atoms with Gasteiger partial charge in [0, 0.05) is 16.6 Å². The Hall–Kier alpha value is -2.79. The molecule has 3 aromatic rings. The number of H-pyrrole nitrogens is 1. The second kappa shape index (κ2) is 9.22. The van der Waals surface area contributed by atoms with Gasteiger partial charge in [0.1, 0.15) is 11.9 Å². The molecule has 9 nitrogen and oxygen atoms in total. The predicted octanol–water partition coefficient (Wildman–Crippen LogP) is 2.69. The first-order chi connectivity index (χ1) is 15.7. The number of nitrogens with zero attached hydrogens (tertiary/aromatic N) is 2. The van der Waals surface area contributed by atoms with Gasteiger partial charge in [-0.05, 0) is 67.6 Å². The Bertz CT molecular complexity index is 1210. The number of hydrogen-bond donors (Lipinski definition) is 5. The molecule has 2 aromatic carbocycles. The van der Waals surface area contributed by atoms with Crippen molar-refractivity contribution in [2.24, 2.45) is 0 Å². The number of imidazole rings is 1. The number of fused-ring (bicyclic) bond motifs is 1. The summed E-state index contributed by atoms with van der Waals surface area (Å²) in [5, 5.41) is 34.2. The fourth-order valence-electron chi connectivity index (χ4n) is 4.19. The number of aliphatic hydroxyl groups is 2. The molecule has 0 aliphatic carbocycles. The van der Waals surface area contributed by atoms with Gasteiger partial charge in [-0.25, -0.2) is 10.0 Å². The molecule has 0 radical (unpaired) electrons. The molecular formula is C23H25BrN4O5. The second-order valence-electron chi connectivity index (χ2n) is 8.27. The Morgan fingerprint density at radius 1 is 1.30 bits per heavy atom. The Kier molecular flexibility index (Phi) is 6.53. The Balaban J connectivity index is 1.56. The number of carbonyl (C=O) groups excluding carboxylic acids is 2. The lowest BCUT2D eigenvalue weighted by Crippen LogP contribution is -2.44. The van der Waals surface area contributed by atoms with Gasteiger partial charge in [-0.1, -0.05) is 22.0 Å². The Labute approximate surface area is 198 Å². The van der Waals surface area contributed by atoms with Crippen LogP contribution in [0.3, 0.4) is 0 Å². The molecule has 1 saturated heterocycles. The lowest BCUT2D eigenvalue weighted by atomic mass is 9.85. The van der Waals surface area contributed by atoms with Gasteiger partial charge in [0.2, 0.25) is 0 Å². The number of rotatable bonds is 5. The van der Waals surface area contributed by atoms with Gasteiger partial charge in [-0.15, -0.1) is 0 Å². The standard InChI is InChI=1S/C23H25BrN4O5/c1-13-10-14(4-6-16(13)23(32)8-2-3-9-28(33)22(23)31)21(30)27-19(12-29)20-25-17-7-5-15(24)11-18(17)26-20/h4-7,10-11,19,29,32-33H,2-3,8-9,12H2,1H3,(H,25,26)(H,27,30)/t19-,23?/m0/s1. The third-order valence-corrected chi connectivity index (χ3v) is 6.45. The smallest absolute Gasteiger partial charge is 0.282 e. The molecule has 4 rings (SSSR count). The Morgan fingerprint density at radius 3 is 2.82 bits per heavy atom. The first kappa shape index (κ1) is 23.4. The van der Waals surface area contributed by atoms with Crippen LogP contribution in [0.25, 0.3) is 11.0 Å². The maximum atomic E-state index is 12.9. The zero-order valence-corrected chi connectivity index (χ0v) is 19.6. The van der Waals surface area contributed by atoms with Crippen LogP contribution in [0.1, 0.15) is 52.6 Å². The summed E-state index contributed by atoms with van der Waals surface area (Å²) in [6.45, 7) is 1.51. The number of benzene rings is 2. The van der Waals surface area contributed by atoms with E-state index in [-0.39, 0.29) is 19.6 Å².